The second-order valence-corrected chi connectivity index (χ2v) is 3.69. The molecular weight excluding hydrogens is 241 g/mol. The molecule has 0 bridgehead atoms. The largest absolute Gasteiger partial charge is 0.462 e. The minimum Gasteiger partial charge on any atom is -0.462 e. The number of carbonyl (C=O) groups is 1. The maximum absolute atomic E-state index is 13.7. The van der Waals surface area contributed by atoms with Crippen LogP contribution < -0.4 is 0 Å². The zero-order valence-corrected chi connectivity index (χ0v) is 10.2. The first-order valence-corrected chi connectivity index (χ1v) is 5.65. The number of rotatable bonds is 5. The first-order valence-electron chi connectivity index (χ1n) is 5.65. The van der Waals surface area contributed by atoms with Crippen LogP contribution in [-0.2, 0) is 11.2 Å². The maximum atomic E-state index is 13.7. The lowest BCUT2D eigenvalue weighted by molar-refractivity contribution is -0.385. The summed E-state index contributed by atoms with van der Waals surface area (Å²) in [5.74, 6) is -1.68. The molecule has 0 atom stereocenters. The lowest BCUT2D eigenvalue weighted by Gasteiger charge is -2.06. The van der Waals surface area contributed by atoms with Crippen molar-refractivity contribution in [1.29, 1.82) is 0 Å². The van der Waals surface area contributed by atoms with Crippen molar-refractivity contribution >= 4 is 11.7 Å². The number of nitrogens with zero attached hydrogens (tertiary/aromatic N) is 1. The van der Waals surface area contributed by atoms with Gasteiger partial charge in [-0.2, -0.15) is 0 Å². The van der Waals surface area contributed by atoms with Crippen molar-refractivity contribution in [3.63, 3.8) is 0 Å². The number of nitro groups is 1. The van der Waals surface area contributed by atoms with Crippen molar-refractivity contribution in [2.45, 2.75) is 26.7 Å². The van der Waals surface area contributed by atoms with Gasteiger partial charge in [0.15, 0.2) is 0 Å². The minimum atomic E-state index is -0.888. The average Bonchev–Trinajstić information content (AvgIpc) is 2.29. The van der Waals surface area contributed by atoms with Crippen LogP contribution in [0.4, 0.5) is 10.1 Å². The number of esters is 1. The molecule has 0 saturated heterocycles. The standard InChI is InChI=1S/C12H14FNO4/c1-3-5-8-6-10(13)9(12(15)18-4-2)7-11(8)14(16)17/h6-7H,3-5H2,1-2H3. The van der Waals surface area contributed by atoms with Crippen molar-refractivity contribution in [1.82, 2.24) is 0 Å². The van der Waals surface area contributed by atoms with E-state index in [2.05, 4.69) is 4.74 Å². The molecule has 0 fully saturated rings. The van der Waals surface area contributed by atoms with Crippen LogP contribution in [0.25, 0.3) is 0 Å². The lowest BCUT2D eigenvalue weighted by atomic mass is 10.0. The lowest BCUT2D eigenvalue weighted by Crippen LogP contribution is -2.09. The summed E-state index contributed by atoms with van der Waals surface area (Å²) in [5, 5.41) is 10.9. The number of nitro benzene ring substituents is 1. The normalized spacial score (nSPS) is 10.2. The van der Waals surface area contributed by atoms with Gasteiger partial charge in [-0.3, -0.25) is 10.1 Å². The second kappa shape index (κ2) is 6.09. The zero-order chi connectivity index (χ0) is 13.7. The van der Waals surface area contributed by atoms with E-state index in [9.17, 15) is 19.3 Å². The van der Waals surface area contributed by atoms with E-state index in [4.69, 9.17) is 0 Å². The van der Waals surface area contributed by atoms with Crippen molar-refractivity contribution in [2.24, 2.45) is 0 Å². The van der Waals surface area contributed by atoms with Gasteiger partial charge in [0, 0.05) is 11.6 Å². The molecule has 0 spiro atoms. The number of benzene rings is 1. The van der Waals surface area contributed by atoms with E-state index in [-0.39, 0.29) is 17.9 Å². The number of hydrogen-bond acceptors (Lipinski definition) is 4. The first-order chi connectivity index (χ1) is 8.51. The third-order valence-electron chi connectivity index (χ3n) is 2.38. The van der Waals surface area contributed by atoms with Crippen LogP contribution in [-0.4, -0.2) is 17.5 Å². The van der Waals surface area contributed by atoms with Gasteiger partial charge < -0.3 is 4.74 Å². The minimum absolute atomic E-state index is 0.0861. The fraction of sp³-hybridized carbons (Fsp3) is 0.417. The summed E-state index contributed by atoms with van der Waals surface area (Å²) in [6, 6.07) is 1.98. The molecular formula is C12H14FNO4. The van der Waals surface area contributed by atoms with Crippen LogP contribution in [0, 0.1) is 15.9 Å². The number of halogens is 1. The maximum Gasteiger partial charge on any atom is 0.341 e. The highest BCUT2D eigenvalue weighted by molar-refractivity contribution is 5.90. The molecule has 1 aromatic rings. The molecule has 1 rings (SSSR count). The van der Waals surface area contributed by atoms with Crippen LogP contribution in [0.15, 0.2) is 12.1 Å². The van der Waals surface area contributed by atoms with Gasteiger partial charge in [0.25, 0.3) is 5.69 Å². The Morgan fingerprint density at radius 1 is 1.44 bits per heavy atom. The van der Waals surface area contributed by atoms with E-state index in [0.717, 1.165) is 12.1 Å². The smallest absolute Gasteiger partial charge is 0.341 e. The Kier molecular flexibility index (Phi) is 4.76. The van der Waals surface area contributed by atoms with Crippen molar-refractivity contribution in [3.8, 4) is 0 Å². The average molecular weight is 255 g/mol. The van der Waals surface area contributed by atoms with Gasteiger partial charge in [0.1, 0.15) is 11.4 Å². The molecule has 0 N–H and O–H groups in total. The quantitative estimate of drug-likeness (QED) is 0.461. The second-order valence-electron chi connectivity index (χ2n) is 3.69. The number of hydrogen-bond donors (Lipinski definition) is 0. The molecule has 5 nitrogen and oxygen atoms in total. The van der Waals surface area contributed by atoms with Gasteiger partial charge in [-0.1, -0.05) is 13.3 Å². The summed E-state index contributed by atoms with van der Waals surface area (Å²) < 4.78 is 18.3. The number of aryl methyl sites for hydroxylation is 1. The Labute approximate surface area is 104 Å². The van der Waals surface area contributed by atoms with Crippen molar-refractivity contribution < 1.29 is 18.8 Å². The zero-order valence-electron chi connectivity index (χ0n) is 10.2. The van der Waals surface area contributed by atoms with E-state index >= 15 is 0 Å². The summed E-state index contributed by atoms with van der Waals surface area (Å²) >= 11 is 0. The molecule has 0 amide bonds. The number of ether oxygens (including phenoxy) is 1. The molecule has 0 aliphatic carbocycles. The Hall–Kier alpha value is -1.98. The Bertz CT molecular complexity index is 473. The van der Waals surface area contributed by atoms with Crippen molar-refractivity contribution in [3.05, 3.63) is 39.2 Å². The van der Waals surface area contributed by atoms with Gasteiger partial charge in [0.05, 0.1) is 11.5 Å². The third kappa shape index (κ3) is 3.03. The number of carbonyl (C=O) groups excluding carboxylic acids is 1. The molecule has 0 aliphatic rings. The van der Waals surface area contributed by atoms with Gasteiger partial charge in [-0.15, -0.1) is 0 Å². The van der Waals surface area contributed by atoms with E-state index < -0.39 is 22.3 Å². The van der Waals surface area contributed by atoms with Crippen LogP contribution >= 0.6 is 0 Å². The fourth-order valence-corrected chi connectivity index (χ4v) is 1.61. The molecule has 0 aliphatic heterocycles. The molecule has 6 heteroatoms. The Morgan fingerprint density at radius 2 is 2.11 bits per heavy atom. The highest BCUT2D eigenvalue weighted by Gasteiger charge is 2.22. The van der Waals surface area contributed by atoms with E-state index in [1.807, 2.05) is 6.92 Å². The van der Waals surface area contributed by atoms with Gasteiger partial charge in [0.2, 0.25) is 0 Å². The third-order valence-corrected chi connectivity index (χ3v) is 2.38. The predicted octanol–water partition coefficient (Wildman–Crippen LogP) is 2.86. The molecule has 1 aromatic carbocycles. The molecule has 0 heterocycles. The van der Waals surface area contributed by atoms with Gasteiger partial charge >= 0.3 is 5.97 Å². The fourth-order valence-electron chi connectivity index (χ4n) is 1.61. The molecule has 98 valence electrons. The SMILES string of the molecule is CCCc1cc(F)c(C(=O)OCC)cc1[N+](=O)[O-]. The first kappa shape index (κ1) is 14.1. The van der Waals surface area contributed by atoms with Gasteiger partial charge in [-0.25, -0.2) is 9.18 Å². The summed E-state index contributed by atoms with van der Waals surface area (Å²) in [7, 11) is 0. The van der Waals surface area contributed by atoms with E-state index in [1.165, 1.54) is 0 Å². The molecule has 0 aromatic heterocycles. The van der Waals surface area contributed by atoms with E-state index in [0.29, 0.717) is 12.8 Å². The monoisotopic (exact) mass is 255 g/mol. The van der Waals surface area contributed by atoms with Crippen LogP contribution in [0.5, 0.6) is 0 Å². The van der Waals surface area contributed by atoms with Crippen LogP contribution in [0.3, 0.4) is 0 Å². The summed E-state index contributed by atoms with van der Waals surface area (Å²) in [5.41, 5.74) is -0.363. The summed E-state index contributed by atoms with van der Waals surface area (Å²) in [6.07, 6.45) is 1.04. The molecule has 0 unspecified atom stereocenters. The highest BCUT2D eigenvalue weighted by Crippen LogP contribution is 2.24. The molecule has 0 radical (unpaired) electrons. The topological polar surface area (TPSA) is 69.4 Å². The summed E-state index contributed by atoms with van der Waals surface area (Å²) in [4.78, 5) is 21.7. The van der Waals surface area contributed by atoms with Crippen molar-refractivity contribution in [2.75, 3.05) is 6.61 Å². The van der Waals surface area contributed by atoms with E-state index in [1.54, 1.807) is 6.92 Å². The van der Waals surface area contributed by atoms with Gasteiger partial charge in [-0.05, 0) is 19.4 Å². The molecule has 0 saturated carbocycles. The summed E-state index contributed by atoms with van der Waals surface area (Å²) in [6.45, 7) is 3.50. The molecule has 18 heavy (non-hydrogen) atoms. The highest BCUT2D eigenvalue weighted by atomic mass is 19.1. The van der Waals surface area contributed by atoms with Crippen LogP contribution in [0.2, 0.25) is 0 Å². The Balaban J connectivity index is 3.26. The van der Waals surface area contributed by atoms with Crippen LogP contribution in [0.1, 0.15) is 36.2 Å². The Morgan fingerprint density at radius 3 is 2.61 bits per heavy atom. The predicted molar refractivity (Wildman–Crippen MR) is 63.0 cm³/mol.